The number of hydrogen-bond donors (Lipinski definition) is 1. The lowest BCUT2D eigenvalue weighted by atomic mass is 10.00. The van der Waals surface area contributed by atoms with Crippen LogP contribution < -0.4 is 5.32 Å². The lowest BCUT2D eigenvalue weighted by molar-refractivity contribution is 0.0393. The molecule has 0 spiro atoms. The zero-order chi connectivity index (χ0) is 24.6. The van der Waals surface area contributed by atoms with Gasteiger partial charge >= 0.3 is 0 Å². The number of unbranched alkanes of at least 4 members (excludes halogenated alkanes) is 3. The zero-order valence-electron chi connectivity index (χ0n) is 21.0. The van der Waals surface area contributed by atoms with Gasteiger partial charge in [0.1, 0.15) is 0 Å². The lowest BCUT2D eigenvalue weighted by Gasteiger charge is -2.19. The van der Waals surface area contributed by atoms with Crippen LogP contribution in [0.2, 0.25) is 10.0 Å². The molecule has 0 heterocycles. The van der Waals surface area contributed by atoms with E-state index in [1.807, 2.05) is 18.2 Å². The van der Waals surface area contributed by atoms with Gasteiger partial charge in [0.15, 0.2) is 0 Å². The number of ether oxygens (including phenoxy) is 3. The molecule has 0 bridgehead atoms. The molecule has 0 aromatic heterocycles. The number of aryl methyl sites for hydroxylation is 2. The Bertz CT molecular complexity index is 811. The Morgan fingerprint density at radius 2 is 1.62 bits per heavy atom. The van der Waals surface area contributed by atoms with Gasteiger partial charge in [0, 0.05) is 35.4 Å². The highest BCUT2D eigenvalue weighted by atomic mass is 35.5. The van der Waals surface area contributed by atoms with Crippen molar-refractivity contribution in [3.8, 4) is 0 Å². The molecular formula is C28H41Cl2NO3. The van der Waals surface area contributed by atoms with Gasteiger partial charge in [0.25, 0.3) is 0 Å². The van der Waals surface area contributed by atoms with Gasteiger partial charge in [0.2, 0.25) is 0 Å². The van der Waals surface area contributed by atoms with Gasteiger partial charge < -0.3 is 19.5 Å². The minimum Gasteiger partial charge on any atom is -0.379 e. The monoisotopic (exact) mass is 509 g/mol. The summed E-state index contributed by atoms with van der Waals surface area (Å²) in [4.78, 5) is 0. The number of nitrogens with one attached hydrogen (secondary N) is 1. The van der Waals surface area contributed by atoms with Gasteiger partial charge in [-0.1, -0.05) is 67.2 Å². The summed E-state index contributed by atoms with van der Waals surface area (Å²) in [5.41, 5.74) is 4.86. The first-order valence-corrected chi connectivity index (χ1v) is 13.3. The molecule has 0 amide bonds. The summed E-state index contributed by atoms with van der Waals surface area (Å²) < 4.78 is 17.3. The van der Waals surface area contributed by atoms with Crippen LogP contribution in [0.1, 0.15) is 67.9 Å². The Hall–Kier alpha value is -1.14. The second-order valence-electron chi connectivity index (χ2n) is 8.47. The summed E-state index contributed by atoms with van der Waals surface area (Å²) in [7, 11) is 0. The van der Waals surface area contributed by atoms with Crippen molar-refractivity contribution in [1.82, 2.24) is 5.32 Å². The molecule has 0 radical (unpaired) electrons. The molecular weight excluding hydrogens is 469 g/mol. The van der Waals surface area contributed by atoms with Crippen LogP contribution in [-0.4, -0.2) is 39.5 Å². The first kappa shape index (κ1) is 29.1. The van der Waals surface area contributed by atoms with Crippen molar-refractivity contribution in [2.24, 2.45) is 0 Å². The molecule has 2 aromatic rings. The molecule has 2 rings (SSSR count). The second kappa shape index (κ2) is 17.3. The molecule has 1 atom stereocenters. The maximum Gasteiger partial charge on any atom is 0.0949 e. The predicted molar refractivity (Wildman–Crippen MR) is 143 cm³/mol. The van der Waals surface area contributed by atoms with E-state index in [1.54, 1.807) is 0 Å². The average molecular weight is 511 g/mol. The quantitative estimate of drug-likeness (QED) is 0.213. The standard InChI is InChI=1S/C28H41Cl2NO3/c1-4-23-19-24(14-13-22(23)3)28(34-5-2)20-31-15-8-6-7-9-16-32-17-18-33-21-25-26(29)11-10-12-27(25)30/h10-14,19,28,31H,4-9,15-18,20-21H2,1-3H3/t28-/m0/s1. The maximum atomic E-state index is 6.14. The molecule has 0 saturated heterocycles. The Morgan fingerprint density at radius 1 is 0.882 bits per heavy atom. The van der Waals surface area contributed by atoms with Gasteiger partial charge in [-0.3, -0.25) is 0 Å². The normalized spacial score (nSPS) is 12.3. The number of halogens is 2. The predicted octanol–water partition coefficient (Wildman–Crippen LogP) is 7.33. The Balaban J connectivity index is 1.48. The highest BCUT2D eigenvalue weighted by Gasteiger charge is 2.12. The van der Waals surface area contributed by atoms with E-state index >= 15 is 0 Å². The third kappa shape index (κ3) is 10.6. The Morgan fingerprint density at radius 3 is 2.35 bits per heavy atom. The first-order chi connectivity index (χ1) is 16.6. The zero-order valence-corrected chi connectivity index (χ0v) is 22.5. The molecule has 190 valence electrons. The van der Waals surface area contributed by atoms with Crippen LogP contribution in [0.15, 0.2) is 36.4 Å². The highest BCUT2D eigenvalue weighted by Crippen LogP contribution is 2.25. The topological polar surface area (TPSA) is 39.7 Å². The summed E-state index contributed by atoms with van der Waals surface area (Å²) in [6.07, 6.45) is 5.77. The summed E-state index contributed by atoms with van der Waals surface area (Å²) in [6.45, 7) is 11.3. The largest absolute Gasteiger partial charge is 0.379 e. The Labute approximate surface area is 216 Å². The third-order valence-corrected chi connectivity index (χ3v) is 6.60. The lowest BCUT2D eigenvalue weighted by Crippen LogP contribution is -2.24. The van der Waals surface area contributed by atoms with Crippen molar-refractivity contribution >= 4 is 23.2 Å². The van der Waals surface area contributed by atoms with E-state index in [0.717, 1.165) is 51.1 Å². The molecule has 0 aliphatic carbocycles. The van der Waals surface area contributed by atoms with Gasteiger partial charge in [-0.15, -0.1) is 0 Å². The molecule has 0 fully saturated rings. The minimum absolute atomic E-state index is 0.112. The Kier molecular flexibility index (Phi) is 14.8. The van der Waals surface area contributed by atoms with Crippen LogP contribution in [0, 0.1) is 6.92 Å². The number of hydrogen-bond acceptors (Lipinski definition) is 4. The van der Waals surface area contributed by atoms with Gasteiger partial charge in [-0.2, -0.15) is 0 Å². The summed E-state index contributed by atoms with van der Waals surface area (Å²) in [6, 6.07) is 12.2. The van der Waals surface area contributed by atoms with E-state index < -0.39 is 0 Å². The number of benzene rings is 2. The van der Waals surface area contributed by atoms with E-state index in [4.69, 9.17) is 37.4 Å². The molecule has 6 heteroatoms. The molecule has 0 aliphatic rings. The molecule has 4 nitrogen and oxygen atoms in total. The van der Waals surface area contributed by atoms with E-state index in [1.165, 1.54) is 29.5 Å². The van der Waals surface area contributed by atoms with E-state index in [9.17, 15) is 0 Å². The molecule has 1 N–H and O–H groups in total. The van der Waals surface area contributed by atoms with Crippen molar-refractivity contribution in [3.05, 3.63) is 68.7 Å². The van der Waals surface area contributed by atoms with Crippen LogP contribution >= 0.6 is 23.2 Å². The van der Waals surface area contributed by atoms with E-state index in [0.29, 0.717) is 29.9 Å². The fourth-order valence-electron chi connectivity index (χ4n) is 3.85. The minimum atomic E-state index is 0.112. The third-order valence-electron chi connectivity index (χ3n) is 5.90. The summed E-state index contributed by atoms with van der Waals surface area (Å²) in [5, 5.41) is 4.85. The molecule has 0 saturated carbocycles. The van der Waals surface area contributed by atoms with E-state index in [2.05, 4.69) is 44.3 Å². The van der Waals surface area contributed by atoms with Crippen LogP contribution in [-0.2, 0) is 27.2 Å². The van der Waals surface area contributed by atoms with Crippen LogP contribution in [0.5, 0.6) is 0 Å². The van der Waals surface area contributed by atoms with Crippen molar-refractivity contribution in [3.63, 3.8) is 0 Å². The van der Waals surface area contributed by atoms with Crippen molar-refractivity contribution in [2.75, 3.05) is 39.5 Å². The van der Waals surface area contributed by atoms with Gasteiger partial charge in [0.05, 0.1) is 25.9 Å². The fraction of sp³-hybridized carbons (Fsp3) is 0.571. The maximum absolute atomic E-state index is 6.14. The second-order valence-corrected chi connectivity index (χ2v) is 9.28. The number of rotatable bonds is 18. The summed E-state index contributed by atoms with van der Waals surface area (Å²) in [5.74, 6) is 0. The van der Waals surface area contributed by atoms with Crippen LogP contribution in [0.3, 0.4) is 0 Å². The summed E-state index contributed by atoms with van der Waals surface area (Å²) >= 11 is 12.3. The van der Waals surface area contributed by atoms with Crippen molar-refractivity contribution in [1.29, 1.82) is 0 Å². The SMILES string of the molecule is CCO[C@@H](CNCCCCCCOCCOCc1c(Cl)cccc1Cl)c1ccc(C)c(CC)c1. The van der Waals surface area contributed by atoms with Gasteiger partial charge in [-0.25, -0.2) is 0 Å². The highest BCUT2D eigenvalue weighted by molar-refractivity contribution is 6.35. The molecule has 34 heavy (non-hydrogen) atoms. The van der Waals surface area contributed by atoms with Crippen molar-refractivity contribution < 1.29 is 14.2 Å². The molecule has 0 unspecified atom stereocenters. The smallest absolute Gasteiger partial charge is 0.0949 e. The average Bonchev–Trinajstić information content (AvgIpc) is 2.83. The fourth-order valence-corrected chi connectivity index (χ4v) is 4.36. The first-order valence-electron chi connectivity index (χ1n) is 12.6. The molecule has 2 aromatic carbocycles. The van der Waals surface area contributed by atoms with Crippen LogP contribution in [0.4, 0.5) is 0 Å². The van der Waals surface area contributed by atoms with Gasteiger partial charge in [-0.05, 0) is 68.5 Å². The van der Waals surface area contributed by atoms with Crippen molar-refractivity contribution in [2.45, 2.75) is 65.6 Å². The van der Waals surface area contributed by atoms with Crippen LogP contribution in [0.25, 0.3) is 0 Å². The van der Waals surface area contributed by atoms with E-state index in [-0.39, 0.29) is 6.10 Å². The molecule has 0 aliphatic heterocycles.